The Balaban J connectivity index is 2.26. The van der Waals surface area contributed by atoms with Crippen molar-refractivity contribution in [1.29, 1.82) is 0 Å². The van der Waals surface area contributed by atoms with Gasteiger partial charge in [0.15, 0.2) is 0 Å². The van der Waals surface area contributed by atoms with E-state index in [0.29, 0.717) is 5.56 Å². The van der Waals surface area contributed by atoms with Crippen molar-refractivity contribution >= 4 is 10.0 Å². The molecule has 0 aliphatic heterocycles. The van der Waals surface area contributed by atoms with Gasteiger partial charge in [-0.1, -0.05) is 18.2 Å². The smallest absolute Gasteiger partial charge is 0.243 e. The van der Waals surface area contributed by atoms with Gasteiger partial charge in [0.2, 0.25) is 10.0 Å². The Kier molecular flexibility index (Phi) is 4.06. The number of halogens is 1. The van der Waals surface area contributed by atoms with E-state index in [4.69, 9.17) is 0 Å². The van der Waals surface area contributed by atoms with Crippen LogP contribution >= 0.6 is 0 Å². The van der Waals surface area contributed by atoms with E-state index in [1.807, 2.05) is 0 Å². The number of rotatable bonds is 4. The number of aromatic hydroxyl groups is 1. The molecule has 0 atom stereocenters. The van der Waals surface area contributed by atoms with Crippen molar-refractivity contribution in [1.82, 2.24) is 4.31 Å². The molecule has 0 aromatic heterocycles. The number of nitrogens with zero attached hydrogens (tertiary/aromatic N) is 1. The second-order valence-corrected chi connectivity index (χ2v) is 6.43. The molecule has 0 spiro atoms. The SMILES string of the molecule is CN(Cc1cccc(F)c1)S(=O)(=O)c1cccc(O)c1. The van der Waals surface area contributed by atoms with Crippen LogP contribution in [0, 0.1) is 5.82 Å². The van der Waals surface area contributed by atoms with Crippen molar-refractivity contribution in [2.24, 2.45) is 0 Å². The third-order valence-electron chi connectivity index (χ3n) is 2.82. The van der Waals surface area contributed by atoms with Gasteiger partial charge >= 0.3 is 0 Å². The van der Waals surface area contributed by atoms with E-state index >= 15 is 0 Å². The molecule has 0 aliphatic carbocycles. The fourth-order valence-corrected chi connectivity index (χ4v) is 3.00. The van der Waals surface area contributed by atoms with Crippen molar-refractivity contribution in [3.8, 4) is 5.75 Å². The van der Waals surface area contributed by atoms with Crippen molar-refractivity contribution < 1.29 is 17.9 Å². The van der Waals surface area contributed by atoms with E-state index < -0.39 is 15.8 Å². The Morgan fingerprint density at radius 2 is 1.85 bits per heavy atom. The Morgan fingerprint density at radius 1 is 1.15 bits per heavy atom. The quantitative estimate of drug-likeness (QED) is 0.942. The first kappa shape index (κ1) is 14.5. The summed E-state index contributed by atoms with van der Waals surface area (Å²) in [6, 6.07) is 11.2. The lowest BCUT2D eigenvalue weighted by Crippen LogP contribution is -2.26. The molecule has 0 fully saturated rings. The molecule has 106 valence electrons. The van der Waals surface area contributed by atoms with E-state index in [1.54, 1.807) is 6.07 Å². The monoisotopic (exact) mass is 295 g/mol. The fourth-order valence-electron chi connectivity index (χ4n) is 1.80. The number of phenols is 1. The standard InChI is InChI=1S/C14H14FNO3S/c1-16(10-11-4-2-5-12(15)8-11)20(18,19)14-7-3-6-13(17)9-14/h2-9,17H,10H2,1H3. The van der Waals surface area contributed by atoms with Gasteiger partial charge in [-0.05, 0) is 35.9 Å². The maximum atomic E-state index is 13.1. The maximum Gasteiger partial charge on any atom is 0.243 e. The second-order valence-electron chi connectivity index (χ2n) is 4.39. The van der Waals surface area contributed by atoms with Gasteiger partial charge in [-0.2, -0.15) is 4.31 Å². The van der Waals surface area contributed by atoms with Crippen LogP contribution < -0.4 is 0 Å². The molecule has 2 rings (SSSR count). The van der Waals surface area contributed by atoms with Crippen LogP contribution in [0.5, 0.6) is 5.75 Å². The summed E-state index contributed by atoms with van der Waals surface area (Å²) in [6.45, 7) is 0.0513. The van der Waals surface area contributed by atoms with Crippen LogP contribution in [0.25, 0.3) is 0 Å². The first-order chi connectivity index (χ1) is 9.39. The summed E-state index contributed by atoms with van der Waals surface area (Å²) in [4.78, 5) is -0.00333. The van der Waals surface area contributed by atoms with Crippen molar-refractivity contribution in [3.63, 3.8) is 0 Å². The summed E-state index contributed by atoms with van der Waals surface area (Å²) in [7, 11) is -2.31. The average molecular weight is 295 g/mol. The van der Waals surface area contributed by atoms with Crippen LogP contribution in [0.1, 0.15) is 5.56 Å². The number of phenolic OH excluding ortho intramolecular Hbond substituents is 1. The lowest BCUT2D eigenvalue weighted by molar-refractivity contribution is 0.459. The summed E-state index contributed by atoms with van der Waals surface area (Å²) in [5.41, 5.74) is 0.552. The summed E-state index contributed by atoms with van der Waals surface area (Å²) < 4.78 is 38.8. The molecule has 0 unspecified atom stereocenters. The molecule has 6 heteroatoms. The van der Waals surface area contributed by atoms with E-state index in [0.717, 1.165) is 4.31 Å². The van der Waals surface area contributed by atoms with Gasteiger partial charge in [0.1, 0.15) is 11.6 Å². The number of benzene rings is 2. The number of sulfonamides is 1. The van der Waals surface area contributed by atoms with Gasteiger partial charge in [0.05, 0.1) is 4.90 Å². The van der Waals surface area contributed by atoms with Crippen molar-refractivity contribution in [2.75, 3.05) is 7.05 Å². The molecule has 0 amide bonds. The Bertz CT molecular complexity index is 716. The number of hydrogen-bond acceptors (Lipinski definition) is 3. The highest BCUT2D eigenvalue weighted by Crippen LogP contribution is 2.20. The molecular formula is C14H14FNO3S. The zero-order valence-corrected chi connectivity index (χ0v) is 11.6. The van der Waals surface area contributed by atoms with Crippen molar-refractivity contribution in [3.05, 3.63) is 59.9 Å². The Labute approximate surface area is 117 Å². The fraction of sp³-hybridized carbons (Fsp3) is 0.143. The molecule has 4 nitrogen and oxygen atoms in total. The van der Waals surface area contributed by atoms with Gasteiger partial charge in [0.25, 0.3) is 0 Å². The predicted molar refractivity (Wildman–Crippen MR) is 73.2 cm³/mol. The summed E-state index contributed by atoms with van der Waals surface area (Å²) in [5, 5.41) is 9.35. The molecule has 2 aromatic rings. The Hall–Kier alpha value is -1.92. The molecule has 0 heterocycles. The van der Waals surface area contributed by atoms with Gasteiger partial charge in [0, 0.05) is 13.6 Å². The predicted octanol–water partition coefficient (Wildman–Crippen LogP) is 2.35. The van der Waals surface area contributed by atoms with Gasteiger partial charge < -0.3 is 5.11 Å². The molecule has 0 radical (unpaired) electrons. The molecule has 1 N–H and O–H groups in total. The Morgan fingerprint density at radius 3 is 2.50 bits per heavy atom. The minimum atomic E-state index is -3.72. The van der Waals surface area contributed by atoms with Crippen molar-refractivity contribution in [2.45, 2.75) is 11.4 Å². The van der Waals surface area contributed by atoms with Gasteiger partial charge in [-0.15, -0.1) is 0 Å². The highest BCUT2D eigenvalue weighted by Gasteiger charge is 2.21. The summed E-state index contributed by atoms with van der Waals surface area (Å²) >= 11 is 0. The highest BCUT2D eigenvalue weighted by atomic mass is 32.2. The molecular weight excluding hydrogens is 281 g/mol. The lowest BCUT2D eigenvalue weighted by Gasteiger charge is -2.17. The molecule has 20 heavy (non-hydrogen) atoms. The average Bonchev–Trinajstić information content (AvgIpc) is 2.38. The summed E-state index contributed by atoms with van der Waals surface area (Å²) in [6.07, 6.45) is 0. The lowest BCUT2D eigenvalue weighted by atomic mass is 10.2. The second kappa shape index (κ2) is 5.60. The maximum absolute atomic E-state index is 13.1. The topological polar surface area (TPSA) is 57.6 Å². The molecule has 0 aliphatic rings. The third-order valence-corrected chi connectivity index (χ3v) is 4.62. The largest absolute Gasteiger partial charge is 0.508 e. The van der Waals surface area contributed by atoms with E-state index in [2.05, 4.69) is 0 Å². The van der Waals surface area contributed by atoms with Crippen LogP contribution in [-0.2, 0) is 16.6 Å². The number of hydrogen-bond donors (Lipinski definition) is 1. The van der Waals surface area contributed by atoms with E-state index in [1.165, 1.54) is 49.5 Å². The zero-order valence-electron chi connectivity index (χ0n) is 10.8. The van der Waals surface area contributed by atoms with Crippen LogP contribution in [0.15, 0.2) is 53.4 Å². The molecule has 0 saturated heterocycles. The van der Waals surface area contributed by atoms with E-state index in [-0.39, 0.29) is 17.2 Å². The third kappa shape index (κ3) is 3.15. The van der Waals surface area contributed by atoms with E-state index in [9.17, 15) is 17.9 Å². The van der Waals surface area contributed by atoms with Crippen LogP contribution in [-0.4, -0.2) is 24.9 Å². The molecule has 0 saturated carbocycles. The highest BCUT2D eigenvalue weighted by molar-refractivity contribution is 7.89. The van der Waals surface area contributed by atoms with Gasteiger partial charge in [-0.25, -0.2) is 12.8 Å². The molecule has 2 aromatic carbocycles. The first-order valence-electron chi connectivity index (χ1n) is 5.89. The first-order valence-corrected chi connectivity index (χ1v) is 7.33. The van der Waals surface area contributed by atoms with Crippen LogP contribution in [0.2, 0.25) is 0 Å². The van der Waals surface area contributed by atoms with Crippen LogP contribution in [0.4, 0.5) is 4.39 Å². The molecule has 0 bridgehead atoms. The van der Waals surface area contributed by atoms with Gasteiger partial charge in [-0.3, -0.25) is 0 Å². The minimum Gasteiger partial charge on any atom is -0.508 e. The van der Waals surface area contributed by atoms with Crippen LogP contribution in [0.3, 0.4) is 0 Å². The summed E-state index contributed by atoms with van der Waals surface area (Å²) in [5.74, 6) is -0.532. The normalized spacial score (nSPS) is 11.8. The minimum absolute atomic E-state index is 0.00333. The zero-order chi connectivity index (χ0) is 14.8.